The van der Waals surface area contributed by atoms with E-state index in [1.54, 1.807) is 0 Å². The second-order valence-corrected chi connectivity index (χ2v) is 6.94. The van der Waals surface area contributed by atoms with E-state index in [0.29, 0.717) is 5.92 Å². The van der Waals surface area contributed by atoms with Crippen molar-refractivity contribution in [2.45, 2.75) is 57.3 Å². The molecule has 3 rings (SSSR count). The lowest BCUT2D eigenvalue weighted by Crippen LogP contribution is -2.14. The average Bonchev–Trinajstić information content (AvgIpc) is 3.24. The van der Waals surface area contributed by atoms with Gasteiger partial charge in [0.25, 0.3) is 0 Å². The molecule has 2 aliphatic carbocycles. The Balaban J connectivity index is 1.97. The summed E-state index contributed by atoms with van der Waals surface area (Å²) in [6.45, 7) is 5.47. The summed E-state index contributed by atoms with van der Waals surface area (Å²) in [5.41, 5.74) is 1.56. The van der Waals surface area contributed by atoms with Gasteiger partial charge in [0.2, 0.25) is 0 Å². The standard InChI is InChI=1S/C14H20IN3/c1-3-8-16-12-10(15)11(9-4-5-9)17-13(18-12)14(2)6-7-14/h9H,3-8H2,1-2H3,(H,16,17,18). The monoisotopic (exact) mass is 357 g/mol. The van der Waals surface area contributed by atoms with Crippen molar-refractivity contribution < 1.29 is 0 Å². The lowest BCUT2D eigenvalue weighted by atomic mass is 10.1. The molecule has 0 bridgehead atoms. The molecular formula is C14H20IN3. The van der Waals surface area contributed by atoms with E-state index in [2.05, 4.69) is 41.8 Å². The highest BCUT2D eigenvalue weighted by molar-refractivity contribution is 14.1. The summed E-state index contributed by atoms with van der Waals surface area (Å²) in [5.74, 6) is 2.84. The minimum absolute atomic E-state index is 0.261. The SMILES string of the molecule is CCCNc1nc(C2(C)CC2)nc(C2CC2)c1I. The van der Waals surface area contributed by atoms with E-state index in [9.17, 15) is 0 Å². The zero-order chi connectivity index (χ0) is 12.8. The lowest BCUT2D eigenvalue weighted by Gasteiger charge is -2.15. The van der Waals surface area contributed by atoms with Crippen molar-refractivity contribution in [2.75, 3.05) is 11.9 Å². The number of halogens is 1. The van der Waals surface area contributed by atoms with Crippen molar-refractivity contribution in [1.29, 1.82) is 0 Å². The molecule has 98 valence electrons. The first-order chi connectivity index (χ1) is 8.64. The van der Waals surface area contributed by atoms with Crippen LogP contribution < -0.4 is 5.32 Å². The van der Waals surface area contributed by atoms with E-state index >= 15 is 0 Å². The predicted molar refractivity (Wildman–Crippen MR) is 82.1 cm³/mol. The number of aromatic nitrogens is 2. The van der Waals surface area contributed by atoms with Crippen LogP contribution in [0.1, 0.15) is 63.4 Å². The van der Waals surface area contributed by atoms with Gasteiger partial charge >= 0.3 is 0 Å². The Hall–Kier alpha value is -0.390. The molecule has 4 heteroatoms. The van der Waals surface area contributed by atoms with Crippen LogP contribution in [0.4, 0.5) is 5.82 Å². The zero-order valence-corrected chi connectivity index (χ0v) is 13.2. The fourth-order valence-corrected chi connectivity index (χ4v) is 3.01. The Labute approximate surface area is 122 Å². The Bertz CT molecular complexity index is 464. The van der Waals surface area contributed by atoms with Gasteiger partial charge in [-0.2, -0.15) is 0 Å². The molecule has 0 amide bonds. The van der Waals surface area contributed by atoms with Crippen LogP contribution in [0.3, 0.4) is 0 Å². The van der Waals surface area contributed by atoms with Crippen molar-refractivity contribution in [1.82, 2.24) is 9.97 Å². The summed E-state index contributed by atoms with van der Waals surface area (Å²) in [4.78, 5) is 9.66. The normalized spacial score (nSPS) is 20.8. The molecule has 1 aromatic heterocycles. The van der Waals surface area contributed by atoms with E-state index in [4.69, 9.17) is 9.97 Å². The topological polar surface area (TPSA) is 37.8 Å². The lowest BCUT2D eigenvalue weighted by molar-refractivity contribution is 0.695. The summed E-state index contributed by atoms with van der Waals surface area (Å²) >= 11 is 2.41. The molecule has 0 spiro atoms. The molecule has 1 heterocycles. The maximum Gasteiger partial charge on any atom is 0.143 e. The molecule has 0 saturated heterocycles. The second-order valence-electron chi connectivity index (χ2n) is 5.86. The van der Waals surface area contributed by atoms with E-state index < -0.39 is 0 Å². The average molecular weight is 357 g/mol. The molecular weight excluding hydrogens is 337 g/mol. The number of hydrogen-bond acceptors (Lipinski definition) is 3. The highest BCUT2D eigenvalue weighted by Crippen LogP contribution is 2.48. The van der Waals surface area contributed by atoms with Crippen LogP contribution in [-0.2, 0) is 5.41 Å². The largest absolute Gasteiger partial charge is 0.369 e. The van der Waals surface area contributed by atoms with Crippen molar-refractivity contribution in [3.63, 3.8) is 0 Å². The third-order valence-electron chi connectivity index (χ3n) is 3.92. The van der Waals surface area contributed by atoms with Gasteiger partial charge in [0, 0.05) is 17.9 Å². The molecule has 0 aliphatic heterocycles. The number of nitrogens with one attached hydrogen (secondary N) is 1. The van der Waals surface area contributed by atoms with Gasteiger partial charge in [-0.05, 0) is 54.7 Å². The van der Waals surface area contributed by atoms with Crippen LogP contribution >= 0.6 is 22.6 Å². The first-order valence-corrected chi connectivity index (χ1v) is 8.04. The molecule has 2 aliphatic rings. The summed E-state index contributed by atoms with van der Waals surface area (Å²) < 4.78 is 1.25. The quantitative estimate of drug-likeness (QED) is 0.814. The van der Waals surface area contributed by atoms with E-state index in [1.165, 1.54) is 34.9 Å². The van der Waals surface area contributed by atoms with Crippen molar-refractivity contribution in [3.05, 3.63) is 15.1 Å². The molecule has 18 heavy (non-hydrogen) atoms. The zero-order valence-electron chi connectivity index (χ0n) is 11.1. The molecule has 1 aromatic rings. The highest BCUT2D eigenvalue weighted by atomic mass is 127. The number of nitrogens with zero attached hydrogens (tertiary/aromatic N) is 2. The van der Waals surface area contributed by atoms with Crippen LogP contribution in [0, 0.1) is 3.57 Å². The molecule has 0 aromatic carbocycles. The maximum absolute atomic E-state index is 4.88. The van der Waals surface area contributed by atoms with Gasteiger partial charge in [0.1, 0.15) is 11.6 Å². The van der Waals surface area contributed by atoms with Crippen molar-refractivity contribution in [2.24, 2.45) is 0 Å². The molecule has 0 unspecified atom stereocenters. The van der Waals surface area contributed by atoms with Crippen LogP contribution in [0.15, 0.2) is 0 Å². The molecule has 0 atom stereocenters. The fourth-order valence-electron chi connectivity index (χ4n) is 2.13. The molecule has 1 N–H and O–H groups in total. The van der Waals surface area contributed by atoms with Gasteiger partial charge < -0.3 is 5.32 Å². The Morgan fingerprint density at radius 3 is 2.61 bits per heavy atom. The minimum Gasteiger partial charge on any atom is -0.369 e. The van der Waals surface area contributed by atoms with Crippen LogP contribution in [0.5, 0.6) is 0 Å². The first kappa shape index (κ1) is 12.6. The van der Waals surface area contributed by atoms with Gasteiger partial charge in [-0.15, -0.1) is 0 Å². The van der Waals surface area contributed by atoms with Crippen LogP contribution in [0.25, 0.3) is 0 Å². The molecule has 0 radical (unpaired) electrons. The second kappa shape index (κ2) is 4.62. The van der Waals surface area contributed by atoms with E-state index in [-0.39, 0.29) is 5.41 Å². The fraction of sp³-hybridized carbons (Fsp3) is 0.714. The third-order valence-corrected chi connectivity index (χ3v) is 4.99. The Kier molecular flexibility index (Phi) is 3.24. The van der Waals surface area contributed by atoms with Crippen molar-refractivity contribution >= 4 is 28.4 Å². The van der Waals surface area contributed by atoms with Crippen molar-refractivity contribution in [3.8, 4) is 0 Å². The summed E-state index contributed by atoms with van der Waals surface area (Å²) in [5, 5.41) is 3.47. The summed E-state index contributed by atoms with van der Waals surface area (Å²) in [7, 11) is 0. The van der Waals surface area contributed by atoms with Gasteiger partial charge in [-0.3, -0.25) is 0 Å². The number of hydrogen-bond donors (Lipinski definition) is 1. The van der Waals surface area contributed by atoms with E-state index in [1.807, 2.05) is 0 Å². The van der Waals surface area contributed by atoms with Gasteiger partial charge in [-0.1, -0.05) is 13.8 Å². The number of anilines is 1. The van der Waals surface area contributed by atoms with E-state index in [0.717, 1.165) is 24.6 Å². The van der Waals surface area contributed by atoms with Crippen LogP contribution in [0.2, 0.25) is 0 Å². The maximum atomic E-state index is 4.88. The van der Waals surface area contributed by atoms with Crippen LogP contribution in [-0.4, -0.2) is 16.5 Å². The van der Waals surface area contributed by atoms with Gasteiger partial charge in [-0.25, -0.2) is 9.97 Å². The smallest absolute Gasteiger partial charge is 0.143 e. The van der Waals surface area contributed by atoms with Gasteiger partial charge in [0.05, 0.1) is 9.26 Å². The Morgan fingerprint density at radius 2 is 2.06 bits per heavy atom. The minimum atomic E-state index is 0.261. The third kappa shape index (κ3) is 2.36. The molecule has 2 fully saturated rings. The highest BCUT2D eigenvalue weighted by Gasteiger charge is 2.43. The molecule has 3 nitrogen and oxygen atoms in total. The summed E-state index contributed by atoms with van der Waals surface area (Å²) in [6.07, 6.45) is 6.22. The summed E-state index contributed by atoms with van der Waals surface area (Å²) in [6, 6.07) is 0. The number of rotatable bonds is 5. The first-order valence-electron chi connectivity index (χ1n) is 6.96. The molecule has 2 saturated carbocycles. The predicted octanol–water partition coefficient (Wildman–Crippen LogP) is 3.83. The Morgan fingerprint density at radius 1 is 1.33 bits per heavy atom. The van der Waals surface area contributed by atoms with Gasteiger partial charge in [0.15, 0.2) is 0 Å².